The molecule has 1 aromatic carbocycles. The maximum absolute atomic E-state index is 11.3. The van der Waals surface area contributed by atoms with Crippen molar-refractivity contribution in [1.29, 1.82) is 0 Å². The number of carbonyl (C=O) groups excluding carboxylic acids is 1. The van der Waals surface area contributed by atoms with Crippen LogP contribution in [0.1, 0.15) is 6.42 Å². The van der Waals surface area contributed by atoms with E-state index in [9.17, 15) is 9.59 Å². The number of ether oxygens (including phenoxy) is 2. The summed E-state index contributed by atoms with van der Waals surface area (Å²) in [4.78, 5) is 23.2. The van der Waals surface area contributed by atoms with E-state index in [0.717, 1.165) is 5.69 Å². The minimum Gasteiger partial charge on any atom is -0.493 e. The van der Waals surface area contributed by atoms with Gasteiger partial charge in [0.25, 0.3) is 0 Å². The molecule has 0 unspecified atom stereocenters. The first kappa shape index (κ1) is 12.2. The minimum absolute atomic E-state index is 0.0415. The Bertz CT molecular complexity index is 442. The minimum atomic E-state index is -0.897. The highest BCUT2D eigenvalue weighted by atomic mass is 16.6. The van der Waals surface area contributed by atoms with Crippen LogP contribution in [0.3, 0.4) is 0 Å². The molecule has 6 nitrogen and oxygen atoms in total. The lowest BCUT2D eigenvalue weighted by Gasteiger charge is -2.13. The van der Waals surface area contributed by atoms with Crippen molar-refractivity contribution >= 4 is 17.7 Å². The van der Waals surface area contributed by atoms with Gasteiger partial charge >= 0.3 is 12.1 Å². The first-order valence-corrected chi connectivity index (χ1v) is 5.56. The molecule has 0 atom stereocenters. The zero-order chi connectivity index (χ0) is 13.0. The van der Waals surface area contributed by atoms with Crippen molar-refractivity contribution in [3.05, 3.63) is 24.3 Å². The third-order valence-electron chi connectivity index (χ3n) is 2.49. The van der Waals surface area contributed by atoms with Gasteiger partial charge in [-0.3, -0.25) is 9.69 Å². The van der Waals surface area contributed by atoms with Crippen LogP contribution in [0, 0.1) is 0 Å². The van der Waals surface area contributed by atoms with Crippen LogP contribution in [0.2, 0.25) is 0 Å². The van der Waals surface area contributed by atoms with E-state index in [-0.39, 0.29) is 19.1 Å². The van der Waals surface area contributed by atoms with Crippen molar-refractivity contribution in [1.82, 2.24) is 0 Å². The highest BCUT2D eigenvalue weighted by Gasteiger charge is 2.23. The molecule has 18 heavy (non-hydrogen) atoms. The Kier molecular flexibility index (Phi) is 3.66. The maximum Gasteiger partial charge on any atom is 0.414 e. The van der Waals surface area contributed by atoms with E-state index in [4.69, 9.17) is 14.6 Å². The molecule has 1 aromatic rings. The predicted octanol–water partition coefficient (Wildman–Crippen LogP) is 1.50. The number of benzene rings is 1. The predicted molar refractivity (Wildman–Crippen MR) is 62.9 cm³/mol. The molecule has 2 rings (SSSR count). The zero-order valence-corrected chi connectivity index (χ0v) is 9.67. The van der Waals surface area contributed by atoms with Crippen LogP contribution in [0.5, 0.6) is 5.75 Å². The summed E-state index contributed by atoms with van der Waals surface area (Å²) in [6.45, 7) is 1.06. The first-order chi connectivity index (χ1) is 8.66. The summed E-state index contributed by atoms with van der Waals surface area (Å²) in [5, 5.41) is 8.47. The van der Waals surface area contributed by atoms with Gasteiger partial charge in [-0.05, 0) is 24.3 Å². The largest absolute Gasteiger partial charge is 0.493 e. The quantitative estimate of drug-likeness (QED) is 0.858. The number of anilines is 1. The summed E-state index contributed by atoms with van der Waals surface area (Å²) in [5.74, 6) is -0.320. The van der Waals surface area contributed by atoms with Gasteiger partial charge in [-0.15, -0.1) is 0 Å². The Morgan fingerprint density at radius 3 is 2.67 bits per heavy atom. The molecule has 1 aliphatic rings. The fourth-order valence-electron chi connectivity index (χ4n) is 1.61. The molecule has 0 radical (unpaired) electrons. The molecule has 6 heteroatoms. The Morgan fingerprint density at radius 2 is 2.11 bits per heavy atom. The average Bonchev–Trinajstić information content (AvgIpc) is 2.76. The standard InChI is InChI=1S/C12H13NO5/c14-11(15)5-7-17-10-3-1-9(2-4-10)13-6-8-18-12(13)16/h1-4H,5-8H2,(H,14,15). The second-order valence-corrected chi connectivity index (χ2v) is 3.75. The molecular formula is C12H13NO5. The fourth-order valence-corrected chi connectivity index (χ4v) is 1.61. The van der Waals surface area contributed by atoms with Crippen LogP contribution in [-0.2, 0) is 9.53 Å². The number of rotatable bonds is 5. The van der Waals surface area contributed by atoms with Crippen LogP contribution in [-0.4, -0.2) is 36.9 Å². The normalized spacial score (nSPS) is 14.4. The summed E-state index contributed by atoms with van der Waals surface area (Å²) in [6, 6.07) is 6.87. The second-order valence-electron chi connectivity index (χ2n) is 3.75. The van der Waals surface area contributed by atoms with E-state index in [0.29, 0.717) is 18.9 Å². The Hall–Kier alpha value is -2.24. The molecule has 1 saturated heterocycles. The van der Waals surface area contributed by atoms with Gasteiger partial charge in [0, 0.05) is 5.69 Å². The van der Waals surface area contributed by atoms with Crippen molar-refractivity contribution in [3.8, 4) is 5.75 Å². The summed E-state index contributed by atoms with van der Waals surface area (Å²) in [6.07, 6.45) is -0.394. The van der Waals surface area contributed by atoms with Crippen molar-refractivity contribution in [2.24, 2.45) is 0 Å². The van der Waals surface area contributed by atoms with E-state index in [2.05, 4.69) is 0 Å². The van der Waals surface area contributed by atoms with Gasteiger partial charge in [-0.1, -0.05) is 0 Å². The molecule has 0 spiro atoms. The number of carbonyl (C=O) groups is 2. The van der Waals surface area contributed by atoms with Gasteiger partial charge in [0.1, 0.15) is 12.4 Å². The van der Waals surface area contributed by atoms with Crippen LogP contribution in [0.4, 0.5) is 10.5 Å². The second kappa shape index (κ2) is 5.39. The molecule has 0 saturated carbocycles. The van der Waals surface area contributed by atoms with Gasteiger partial charge in [0.15, 0.2) is 0 Å². The molecule has 0 bridgehead atoms. The van der Waals surface area contributed by atoms with Crippen molar-refractivity contribution < 1.29 is 24.2 Å². The summed E-state index contributed by atoms with van der Waals surface area (Å²) < 4.78 is 10.1. The Balaban J connectivity index is 1.93. The number of carboxylic acids is 1. The average molecular weight is 251 g/mol. The molecule has 1 N–H and O–H groups in total. The lowest BCUT2D eigenvalue weighted by Crippen LogP contribution is -2.23. The summed E-state index contributed by atoms with van der Waals surface area (Å²) in [5.41, 5.74) is 0.739. The number of nitrogens with zero attached hydrogens (tertiary/aromatic N) is 1. The van der Waals surface area contributed by atoms with E-state index in [1.165, 1.54) is 4.90 Å². The van der Waals surface area contributed by atoms with Crippen LogP contribution in [0.15, 0.2) is 24.3 Å². The van der Waals surface area contributed by atoms with Crippen molar-refractivity contribution in [2.75, 3.05) is 24.7 Å². The molecule has 0 aliphatic carbocycles. The van der Waals surface area contributed by atoms with Gasteiger partial charge in [-0.25, -0.2) is 4.79 Å². The Morgan fingerprint density at radius 1 is 1.39 bits per heavy atom. The number of cyclic esters (lactones) is 1. The van der Waals surface area contributed by atoms with E-state index < -0.39 is 5.97 Å². The number of carboxylic acid groups (broad SMARTS) is 1. The van der Waals surface area contributed by atoms with Gasteiger partial charge in [0.2, 0.25) is 0 Å². The van der Waals surface area contributed by atoms with Gasteiger partial charge < -0.3 is 14.6 Å². The number of hydrogen-bond acceptors (Lipinski definition) is 4. The molecule has 1 aliphatic heterocycles. The molecule has 1 fully saturated rings. The monoisotopic (exact) mass is 251 g/mol. The number of amides is 1. The molecular weight excluding hydrogens is 238 g/mol. The fraction of sp³-hybridized carbons (Fsp3) is 0.333. The topological polar surface area (TPSA) is 76.1 Å². The van der Waals surface area contributed by atoms with Crippen LogP contribution >= 0.6 is 0 Å². The summed E-state index contributed by atoms with van der Waals surface area (Å²) >= 11 is 0. The van der Waals surface area contributed by atoms with E-state index in [1.54, 1.807) is 24.3 Å². The van der Waals surface area contributed by atoms with Crippen molar-refractivity contribution in [2.45, 2.75) is 6.42 Å². The van der Waals surface area contributed by atoms with E-state index >= 15 is 0 Å². The third-order valence-corrected chi connectivity index (χ3v) is 2.49. The van der Waals surface area contributed by atoms with Crippen LogP contribution in [0.25, 0.3) is 0 Å². The maximum atomic E-state index is 11.3. The lowest BCUT2D eigenvalue weighted by atomic mass is 10.3. The van der Waals surface area contributed by atoms with Gasteiger partial charge in [0.05, 0.1) is 19.6 Å². The first-order valence-electron chi connectivity index (χ1n) is 5.56. The zero-order valence-electron chi connectivity index (χ0n) is 9.67. The molecule has 1 heterocycles. The molecule has 1 amide bonds. The van der Waals surface area contributed by atoms with Crippen LogP contribution < -0.4 is 9.64 Å². The number of aliphatic carboxylic acids is 1. The SMILES string of the molecule is O=C(O)CCOc1ccc(N2CCOC2=O)cc1. The highest BCUT2D eigenvalue weighted by Crippen LogP contribution is 2.22. The molecule has 96 valence electrons. The summed E-state index contributed by atoms with van der Waals surface area (Å²) in [7, 11) is 0. The third kappa shape index (κ3) is 2.91. The smallest absolute Gasteiger partial charge is 0.414 e. The van der Waals surface area contributed by atoms with Gasteiger partial charge in [-0.2, -0.15) is 0 Å². The highest BCUT2D eigenvalue weighted by molar-refractivity contribution is 5.89. The Labute approximate surface area is 104 Å². The number of hydrogen-bond donors (Lipinski definition) is 1. The lowest BCUT2D eigenvalue weighted by molar-refractivity contribution is -0.137. The van der Waals surface area contributed by atoms with Crippen molar-refractivity contribution in [3.63, 3.8) is 0 Å². The van der Waals surface area contributed by atoms with E-state index in [1.807, 2.05) is 0 Å². The molecule has 0 aromatic heterocycles.